The lowest BCUT2D eigenvalue weighted by Gasteiger charge is -2.06. The number of rotatable bonds is 5. The molecule has 2 aromatic rings. The molecule has 1 aromatic heterocycles. The Morgan fingerprint density at radius 1 is 1.26 bits per heavy atom. The van der Waals surface area contributed by atoms with Crippen LogP contribution in [-0.2, 0) is 0 Å². The summed E-state index contributed by atoms with van der Waals surface area (Å²) in [6, 6.07) is 4.67. The van der Waals surface area contributed by atoms with Crippen LogP contribution in [0, 0.1) is 5.82 Å². The van der Waals surface area contributed by atoms with E-state index in [-0.39, 0.29) is 12.4 Å². The third-order valence-electron chi connectivity index (χ3n) is 2.53. The molecule has 2 N–H and O–H groups in total. The fourth-order valence-electron chi connectivity index (χ4n) is 1.58. The third kappa shape index (κ3) is 3.17. The number of methoxy groups -OCH3 is 1. The predicted octanol–water partition coefficient (Wildman–Crippen LogP) is 1.70. The highest BCUT2D eigenvalue weighted by molar-refractivity contribution is 5.63. The van der Waals surface area contributed by atoms with Gasteiger partial charge in [0.15, 0.2) is 11.6 Å². The van der Waals surface area contributed by atoms with Crippen molar-refractivity contribution in [2.24, 2.45) is 0 Å². The number of aliphatic hydroxyl groups excluding tert-OH is 1. The van der Waals surface area contributed by atoms with Gasteiger partial charge in [-0.2, -0.15) is 0 Å². The van der Waals surface area contributed by atoms with Gasteiger partial charge in [0.25, 0.3) is 0 Å². The number of halogens is 1. The van der Waals surface area contributed by atoms with Crippen molar-refractivity contribution >= 4 is 5.95 Å². The Morgan fingerprint density at radius 2 is 2.00 bits per heavy atom. The molecule has 0 fully saturated rings. The zero-order valence-corrected chi connectivity index (χ0v) is 10.4. The van der Waals surface area contributed by atoms with Crippen LogP contribution in [0.2, 0.25) is 0 Å². The number of nitrogens with zero attached hydrogens (tertiary/aromatic N) is 2. The molecular weight excluding hydrogens is 249 g/mol. The highest BCUT2D eigenvalue weighted by Crippen LogP contribution is 2.24. The van der Waals surface area contributed by atoms with Gasteiger partial charge in [-0.1, -0.05) is 6.07 Å². The van der Waals surface area contributed by atoms with E-state index in [1.807, 2.05) is 0 Å². The molecule has 0 saturated carbocycles. The second kappa shape index (κ2) is 6.10. The summed E-state index contributed by atoms with van der Waals surface area (Å²) in [5.74, 6) is 0.195. The Hall–Kier alpha value is -2.21. The molecule has 1 heterocycles. The first kappa shape index (κ1) is 13.2. The third-order valence-corrected chi connectivity index (χ3v) is 2.53. The largest absolute Gasteiger partial charge is 0.494 e. The summed E-state index contributed by atoms with van der Waals surface area (Å²) >= 11 is 0. The Balaban J connectivity index is 2.19. The minimum atomic E-state index is -0.428. The van der Waals surface area contributed by atoms with Crippen LogP contribution >= 0.6 is 0 Å². The van der Waals surface area contributed by atoms with E-state index in [2.05, 4.69) is 15.3 Å². The first-order valence-corrected chi connectivity index (χ1v) is 5.75. The van der Waals surface area contributed by atoms with Gasteiger partial charge in [0, 0.05) is 24.5 Å². The second-order valence-corrected chi connectivity index (χ2v) is 3.80. The Bertz CT molecular complexity index is 546. The van der Waals surface area contributed by atoms with Crippen molar-refractivity contribution in [2.75, 3.05) is 25.6 Å². The van der Waals surface area contributed by atoms with Crippen molar-refractivity contribution in [1.82, 2.24) is 9.97 Å². The van der Waals surface area contributed by atoms with Gasteiger partial charge in [0.2, 0.25) is 5.95 Å². The molecule has 1 aromatic carbocycles. The quantitative estimate of drug-likeness (QED) is 0.859. The number of benzene rings is 1. The number of nitrogens with one attached hydrogen (secondary N) is 1. The fourth-order valence-corrected chi connectivity index (χ4v) is 1.58. The number of hydrogen-bond donors (Lipinski definition) is 2. The first-order valence-electron chi connectivity index (χ1n) is 5.75. The molecule has 0 aliphatic carbocycles. The van der Waals surface area contributed by atoms with Crippen molar-refractivity contribution in [3.05, 3.63) is 36.4 Å². The summed E-state index contributed by atoms with van der Waals surface area (Å²) in [5, 5.41) is 11.5. The van der Waals surface area contributed by atoms with Gasteiger partial charge in [-0.15, -0.1) is 0 Å². The first-order chi connectivity index (χ1) is 9.24. The number of aromatic nitrogens is 2. The average molecular weight is 263 g/mol. The lowest BCUT2D eigenvalue weighted by molar-refractivity contribution is 0.311. The molecule has 0 aliphatic heterocycles. The normalized spacial score (nSPS) is 10.3. The van der Waals surface area contributed by atoms with Crippen LogP contribution in [0.5, 0.6) is 5.75 Å². The van der Waals surface area contributed by atoms with Crippen LogP contribution in [-0.4, -0.2) is 35.3 Å². The molecule has 100 valence electrons. The number of hydrogen-bond acceptors (Lipinski definition) is 5. The molecule has 0 spiro atoms. The van der Waals surface area contributed by atoms with Crippen LogP contribution in [0.25, 0.3) is 11.1 Å². The molecule has 0 amide bonds. The molecule has 0 bridgehead atoms. The maximum Gasteiger partial charge on any atom is 0.222 e. The summed E-state index contributed by atoms with van der Waals surface area (Å²) < 4.78 is 18.4. The molecule has 5 nitrogen and oxygen atoms in total. The van der Waals surface area contributed by atoms with Gasteiger partial charge >= 0.3 is 0 Å². The molecule has 0 aliphatic rings. The van der Waals surface area contributed by atoms with E-state index in [0.29, 0.717) is 23.6 Å². The molecule has 0 unspecified atom stereocenters. The number of anilines is 1. The zero-order valence-electron chi connectivity index (χ0n) is 10.4. The van der Waals surface area contributed by atoms with E-state index in [1.54, 1.807) is 24.5 Å². The summed E-state index contributed by atoms with van der Waals surface area (Å²) in [6.45, 7) is 0.394. The SMILES string of the molecule is COc1ccc(-c2cnc(NCCO)nc2)cc1F. The molecule has 0 saturated heterocycles. The minimum Gasteiger partial charge on any atom is -0.494 e. The zero-order chi connectivity index (χ0) is 13.7. The van der Waals surface area contributed by atoms with E-state index >= 15 is 0 Å². The van der Waals surface area contributed by atoms with Gasteiger partial charge in [-0.25, -0.2) is 14.4 Å². The Kier molecular flexibility index (Phi) is 4.25. The summed E-state index contributed by atoms with van der Waals surface area (Å²) in [4.78, 5) is 8.16. The molecule has 6 heteroatoms. The standard InChI is InChI=1S/C13H14FN3O2/c1-19-12-3-2-9(6-11(12)14)10-7-16-13(17-8-10)15-4-5-18/h2-3,6-8,18H,4-5H2,1H3,(H,15,16,17). The van der Waals surface area contributed by atoms with Gasteiger partial charge in [-0.05, 0) is 17.7 Å². The van der Waals surface area contributed by atoms with Crippen LogP contribution < -0.4 is 10.1 Å². The maximum absolute atomic E-state index is 13.6. The highest BCUT2D eigenvalue weighted by Gasteiger charge is 2.06. The van der Waals surface area contributed by atoms with E-state index in [0.717, 1.165) is 0 Å². The molecule has 0 atom stereocenters. The fraction of sp³-hybridized carbons (Fsp3) is 0.231. The van der Waals surface area contributed by atoms with E-state index in [4.69, 9.17) is 9.84 Å². The predicted molar refractivity (Wildman–Crippen MR) is 69.6 cm³/mol. The Morgan fingerprint density at radius 3 is 2.58 bits per heavy atom. The monoisotopic (exact) mass is 263 g/mol. The second-order valence-electron chi connectivity index (χ2n) is 3.80. The molecule has 2 rings (SSSR count). The van der Waals surface area contributed by atoms with Crippen LogP contribution in [0.3, 0.4) is 0 Å². The van der Waals surface area contributed by atoms with Crippen LogP contribution in [0.15, 0.2) is 30.6 Å². The Labute approximate surface area is 110 Å². The molecule has 0 radical (unpaired) electrons. The minimum absolute atomic E-state index is 0.00873. The van der Waals surface area contributed by atoms with Crippen molar-refractivity contribution in [1.29, 1.82) is 0 Å². The van der Waals surface area contributed by atoms with E-state index in [9.17, 15) is 4.39 Å². The van der Waals surface area contributed by atoms with Gasteiger partial charge in [0.1, 0.15) is 0 Å². The summed E-state index contributed by atoms with van der Waals surface area (Å²) in [7, 11) is 1.42. The van der Waals surface area contributed by atoms with Crippen molar-refractivity contribution in [3.8, 4) is 16.9 Å². The summed E-state index contributed by atoms with van der Waals surface area (Å²) in [5.41, 5.74) is 1.38. The lowest BCUT2D eigenvalue weighted by Crippen LogP contribution is -2.08. The maximum atomic E-state index is 13.6. The molecular formula is C13H14FN3O2. The lowest BCUT2D eigenvalue weighted by atomic mass is 10.1. The van der Waals surface area contributed by atoms with Crippen LogP contribution in [0.1, 0.15) is 0 Å². The average Bonchev–Trinajstić information content (AvgIpc) is 2.45. The van der Waals surface area contributed by atoms with Crippen molar-refractivity contribution in [3.63, 3.8) is 0 Å². The van der Waals surface area contributed by atoms with Crippen molar-refractivity contribution < 1.29 is 14.2 Å². The van der Waals surface area contributed by atoms with Gasteiger partial charge < -0.3 is 15.2 Å². The number of ether oxygens (including phenoxy) is 1. The highest BCUT2D eigenvalue weighted by atomic mass is 19.1. The van der Waals surface area contributed by atoms with Crippen LogP contribution in [0.4, 0.5) is 10.3 Å². The topological polar surface area (TPSA) is 67.3 Å². The number of aliphatic hydroxyl groups is 1. The smallest absolute Gasteiger partial charge is 0.222 e. The van der Waals surface area contributed by atoms with E-state index in [1.165, 1.54) is 13.2 Å². The molecule has 19 heavy (non-hydrogen) atoms. The van der Waals surface area contributed by atoms with E-state index < -0.39 is 5.82 Å². The van der Waals surface area contributed by atoms with Gasteiger partial charge in [-0.3, -0.25) is 0 Å². The van der Waals surface area contributed by atoms with Gasteiger partial charge in [0.05, 0.1) is 13.7 Å². The van der Waals surface area contributed by atoms with Crippen molar-refractivity contribution in [2.45, 2.75) is 0 Å². The summed E-state index contributed by atoms with van der Waals surface area (Å²) in [6.07, 6.45) is 3.18.